The number of fused-ring (bicyclic) bond motifs is 2. The minimum absolute atomic E-state index is 0.0619. The number of benzene rings is 4. The van der Waals surface area contributed by atoms with Gasteiger partial charge in [0.25, 0.3) is 5.91 Å². The molecule has 1 aliphatic carbocycles. The van der Waals surface area contributed by atoms with Gasteiger partial charge in [-0.3, -0.25) is 4.79 Å². The van der Waals surface area contributed by atoms with Crippen LogP contribution in [0.15, 0.2) is 148 Å². The van der Waals surface area contributed by atoms with Crippen molar-refractivity contribution in [1.82, 2.24) is 23.7 Å². The van der Waals surface area contributed by atoms with Crippen LogP contribution in [0, 0.1) is 5.92 Å². The van der Waals surface area contributed by atoms with E-state index < -0.39 is 35.1 Å². The summed E-state index contributed by atoms with van der Waals surface area (Å²) in [5.41, 5.74) is 0.387. The van der Waals surface area contributed by atoms with Crippen molar-refractivity contribution in [1.29, 1.82) is 0 Å². The summed E-state index contributed by atoms with van der Waals surface area (Å²) in [6.07, 6.45) is 3.39. The highest BCUT2D eigenvalue weighted by Gasteiger charge is 2.63. The number of nitrogens with zero attached hydrogens (tertiary/aromatic N) is 6. The molecule has 4 aromatic carbocycles. The molecule has 2 amide bonds. The molecule has 52 heavy (non-hydrogen) atoms. The highest BCUT2D eigenvalue weighted by molar-refractivity contribution is 6.07. The van der Waals surface area contributed by atoms with Crippen LogP contribution in [0.5, 0.6) is 0 Å². The number of hydrogen-bond donors (Lipinski definition) is 0. The number of carbonyl (C=O) groups is 2. The Hall–Kier alpha value is -6.23. The molecule has 1 saturated carbocycles. The lowest BCUT2D eigenvalue weighted by atomic mass is 9.90. The number of allylic oxidation sites excluding steroid dienone is 1. The Morgan fingerprint density at radius 3 is 2.02 bits per heavy atom. The van der Waals surface area contributed by atoms with Crippen LogP contribution in [0.4, 0.5) is 4.79 Å². The van der Waals surface area contributed by atoms with Gasteiger partial charge >= 0.3 is 17.5 Å². The van der Waals surface area contributed by atoms with E-state index in [0.29, 0.717) is 24.2 Å². The predicted octanol–water partition coefficient (Wildman–Crippen LogP) is 5.59. The van der Waals surface area contributed by atoms with E-state index in [1.165, 1.54) is 14.3 Å². The number of aromatic nitrogens is 3. The van der Waals surface area contributed by atoms with Crippen LogP contribution in [0.25, 0.3) is 5.69 Å². The molecule has 2 aliphatic heterocycles. The average molecular weight is 695 g/mol. The van der Waals surface area contributed by atoms with Crippen LogP contribution in [-0.2, 0) is 30.0 Å². The predicted molar refractivity (Wildman–Crippen MR) is 196 cm³/mol. The fraction of sp³-hybridized carbons (Fsp3) is 0.244. The summed E-state index contributed by atoms with van der Waals surface area (Å²) in [7, 11) is 0. The van der Waals surface area contributed by atoms with Crippen LogP contribution in [0.1, 0.15) is 41.3 Å². The first kappa shape index (κ1) is 32.9. The molecular weight excluding hydrogens is 656 g/mol. The third-order valence-electron chi connectivity index (χ3n) is 9.95. The zero-order valence-corrected chi connectivity index (χ0v) is 28.7. The first-order valence-corrected chi connectivity index (χ1v) is 17.5. The number of guanidine groups is 1. The van der Waals surface area contributed by atoms with Gasteiger partial charge in [0, 0.05) is 12.1 Å². The average Bonchev–Trinajstić information content (AvgIpc) is 3.92. The molecule has 3 aliphatic rings. The van der Waals surface area contributed by atoms with Gasteiger partial charge in [-0.15, -0.1) is 0 Å². The Labute approximate surface area is 300 Å². The lowest BCUT2D eigenvalue weighted by molar-refractivity contribution is 0.0429. The molecule has 3 heterocycles. The van der Waals surface area contributed by atoms with Gasteiger partial charge in [0.1, 0.15) is 6.61 Å². The highest BCUT2D eigenvalue weighted by Crippen LogP contribution is 2.45. The number of hydrogen-bond acceptors (Lipinski definition) is 5. The Morgan fingerprint density at radius 2 is 1.38 bits per heavy atom. The van der Waals surface area contributed by atoms with Crippen molar-refractivity contribution in [3.63, 3.8) is 0 Å². The van der Waals surface area contributed by atoms with Crippen molar-refractivity contribution in [2.75, 3.05) is 6.54 Å². The molecule has 8 rings (SSSR count). The van der Waals surface area contributed by atoms with Crippen LogP contribution < -0.4 is 11.4 Å². The Balaban J connectivity index is 1.40. The zero-order chi connectivity index (χ0) is 35.8. The number of ether oxygens (including phenoxy) is 1. The van der Waals surface area contributed by atoms with E-state index in [0.717, 1.165) is 34.1 Å². The lowest BCUT2D eigenvalue weighted by Gasteiger charge is -2.42. The van der Waals surface area contributed by atoms with Crippen molar-refractivity contribution >= 4 is 18.0 Å². The van der Waals surface area contributed by atoms with Gasteiger partial charge in [-0.05, 0) is 73.6 Å². The van der Waals surface area contributed by atoms with Crippen LogP contribution in [0.3, 0.4) is 0 Å². The van der Waals surface area contributed by atoms with Gasteiger partial charge in [-0.25, -0.2) is 28.5 Å². The second-order valence-corrected chi connectivity index (χ2v) is 13.6. The number of carbonyl (C=O) groups excluding carboxylic acids is 2. The van der Waals surface area contributed by atoms with E-state index in [1.807, 2.05) is 90.7 Å². The third kappa shape index (κ3) is 5.87. The summed E-state index contributed by atoms with van der Waals surface area (Å²) in [4.78, 5) is 66.2. The molecule has 1 saturated heterocycles. The third-order valence-corrected chi connectivity index (χ3v) is 9.95. The Kier molecular flexibility index (Phi) is 8.54. The summed E-state index contributed by atoms with van der Waals surface area (Å²) in [6.45, 7) is 2.42. The van der Waals surface area contributed by atoms with Gasteiger partial charge in [0.2, 0.25) is 5.96 Å². The van der Waals surface area contributed by atoms with E-state index in [9.17, 15) is 19.2 Å². The summed E-state index contributed by atoms with van der Waals surface area (Å²) in [6, 6.07) is 35.9. The number of para-hydroxylation sites is 1. The Bertz CT molecular complexity index is 2290. The molecule has 1 spiro atoms. The standard InChI is InChI=1S/C41H38N6O5/c1-29-25-41(47-39(50)45(38(49)44(47)26-29)34-20-12-5-13-21-34)35(24-30-14-6-2-7-15-30)43(27-31-22-23-31)37(42-36(48)33-18-10-4-11-19-33)46(41)40(51)52-28-32-16-8-3-9-17-32/h2-21,25,31,35H,22-24,26-28H2,1H3. The van der Waals surface area contributed by atoms with Gasteiger partial charge < -0.3 is 9.64 Å². The van der Waals surface area contributed by atoms with E-state index >= 15 is 0 Å². The van der Waals surface area contributed by atoms with Gasteiger partial charge in [0.15, 0.2) is 5.66 Å². The summed E-state index contributed by atoms with van der Waals surface area (Å²) < 4.78 is 9.99. The fourth-order valence-corrected chi connectivity index (χ4v) is 7.42. The van der Waals surface area contributed by atoms with Crippen molar-refractivity contribution in [2.24, 2.45) is 10.9 Å². The monoisotopic (exact) mass is 694 g/mol. The fourth-order valence-electron chi connectivity index (χ4n) is 7.42. The highest BCUT2D eigenvalue weighted by atomic mass is 16.6. The second kappa shape index (κ2) is 13.5. The lowest BCUT2D eigenvalue weighted by Crippen LogP contribution is -2.62. The summed E-state index contributed by atoms with van der Waals surface area (Å²) in [5.74, 6) is -0.186. The molecule has 0 bridgehead atoms. The molecule has 0 radical (unpaired) electrons. The minimum atomic E-state index is -1.66. The number of aliphatic imine (C=N–C) groups is 1. The van der Waals surface area contributed by atoms with E-state index in [1.54, 1.807) is 48.5 Å². The molecule has 0 N–H and O–H groups in total. The molecule has 2 fully saturated rings. The maximum Gasteiger partial charge on any atom is 0.419 e. The van der Waals surface area contributed by atoms with E-state index in [2.05, 4.69) is 0 Å². The van der Waals surface area contributed by atoms with Crippen molar-refractivity contribution in [3.8, 4) is 5.69 Å². The normalized spacial score (nSPS) is 20.2. The number of rotatable bonds is 8. The summed E-state index contributed by atoms with van der Waals surface area (Å²) >= 11 is 0. The molecule has 2 atom stereocenters. The van der Waals surface area contributed by atoms with Gasteiger partial charge in [-0.2, -0.15) is 9.67 Å². The molecule has 11 heteroatoms. The smallest absolute Gasteiger partial charge is 0.419 e. The van der Waals surface area contributed by atoms with Crippen molar-refractivity contribution in [3.05, 3.63) is 171 Å². The minimum Gasteiger partial charge on any atom is -0.444 e. The number of amides is 2. The van der Waals surface area contributed by atoms with E-state index in [-0.39, 0.29) is 25.0 Å². The summed E-state index contributed by atoms with van der Waals surface area (Å²) in [5, 5.41) is 0. The first-order valence-electron chi connectivity index (χ1n) is 17.5. The Morgan fingerprint density at radius 1 is 0.788 bits per heavy atom. The topological polar surface area (TPSA) is 111 Å². The molecule has 2 unspecified atom stereocenters. The van der Waals surface area contributed by atoms with Gasteiger partial charge in [-0.1, -0.05) is 103 Å². The molecule has 11 nitrogen and oxygen atoms in total. The molecule has 1 aromatic heterocycles. The SMILES string of the molecule is CC1=CC2(C(Cc3ccccc3)N(CC3CC3)C(=NC(=O)c3ccccc3)N2C(=O)OCc2ccccc2)n2c(=O)n(-c3ccccc3)c(=O)n2C1. The zero-order valence-electron chi connectivity index (χ0n) is 28.7. The maximum absolute atomic E-state index is 14.9. The molecule has 262 valence electrons. The van der Waals surface area contributed by atoms with Crippen molar-refractivity contribution in [2.45, 2.75) is 51.0 Å². The van der Waals surface area contributed by atoms with Crippen molar-refractivity contribution < 1.29 is 14.3 Å². The maximum atomic E-state index is 14.9. The molecular formula is C41H38N6O5. The van der Waals surface area contributed by atoms with E-state index in [4.69, 9.17) is 9.73 Å². The largest absolute Gasteiger partial charge is 0.444 e. The first-order chi connectivity index (χ1) is 25.3. The van der Waals surface area contributed by atoms with Gasteiger partial charge in [0.05, 0.1) is 18.3 Å². The van der Waals surface area contributed by atoms with Crippen LogP contribution >= 0.6 is 0 Å². The van der Waals surface area contributed by atoms with Crippen LogP contribution in [0.2, 0.25) is 0 Å². The second-order valence-electron chi connectivity index (χ2n) is 13.6. The quantitative estimate of drug-likeness (QED) is 0.196. The van der Waals surface area contributed by atoms with Crippen LogP contribution in [-0.4, -0.2) is 54.3 Å². The molecule has 5 aromatic rings.